The van der Waals surface area contributed by atoms with E-state index < -0.39 is 6.10 Å². The molecule has 0 aromatic heterocycles. The van der Waals surface area contributed by atoms with Gasteiger partial charge < -0.3 is 19.8 Å². The fourth-order valence-electron chi connectivity index (χ4n) is 2.86. The Bertz CT molecular complexity index is 737. The molecule has 3 rings (SSSR count). The van der Waals surface area contributed by atoms with Crippen molar-refractivity contribution in [2.24, 2.45) is 0 Å². The Morgan fingerprint density at radius 1 is 1.07 bits per heavy atom. The Labute approximate surface area is 170 Å². The van der Waals surface area contributed by atoms with E-state index in [0.29, 0.717) is 30.4 Å². The molecule has 1 fully saturated rings. The van der Waals surface area contributed by atoms with Crippen LogP contribution in [0.1, 0.15) is 13.8 Å². The minimum absolute atomic E-state index is 0.00905. The number of hydrogen-bond donors (Lipinski definition) is 2. The van der Waals surface area contributed by atoms with Gasteiger partial charge in [-0.15, -0.1) is 0 Å². The number of anilines is 1. The molecule has 1 amide bonds. The number of aromatic hydroxyl groups is 1. The summed E-state index contributed by atoms with van der Waals surface area (Å²) >= 11 is 5.89. The van der Waals surface area contributed by atoms with Crippen LogP contribution >= 0.6 is 11.6 Å². The van der Waals surface area contributed by atoms with E-state index >= 15 is 0 Å². The molecule has 0 saturated carbocycles. The van der Waals surface area contributed by atoms with Crippen LogP contribution in [0.15, 0.2) is 48.5 Å². The van der Waals surface area contributed by atoms with Gasteiger partial charge in [-0.2, -0.15) is 0 Å². The minimum Gasteiger partial charge on any atom is -0.508 e. The lowest BCUT2D eigenvalue weighted by Crippen LogP contribution is -2.52. The number of ether oxygens (including phenoxy) is 1. The van der Waals surface area contributed by atoms with E-state index in [9.17, 15) is 15.0 Å². The predicted molar refractivity (Wildman–Crippen MR) is 111 cm³/mol. The first-order chi connectivity index (χ1) is 13.5. The van der Waals surface area contributed by atoms with Crippen molar-refractivity contribution >= 4 is 23.2 Å². The third-order valence-electron chi connectivity index (χ3n) is 4.19. The maximum Gasteiger partial charge on any atom is 0.241 e. The van der Waals surface area contributed by atoms with Crippen molar-refractivity contribution in [3.05, 3.63) is 53.6 Å². The van der Waals surface area contributed by atoms with Gasteiger partial charge in [-0.25, -0.2) is 0 Å². The van der Waals surface area contributed by atoms with E-state index in [1.807, 2.05) is 30.9 Å². The van der Waals surface area contributed by atoms with Gasteiger partial charge in [0.25, 0.3) is 0 Å². The maximum atomic E-state index is 12.4. The number of piperazine rings is 1. The van der Waals surface area contributed by atoms with Crippen molar-refractivity contribution in [2.75, 3.05) is 37.7 Å². The Morgan fingerprint density at radius 3 is 2.32 bits per heavy atom. The number of aliphatic hydroxyl groups excluding tert-OH is 1. The normalized spacial score (nSPS) is 15.6. The van der Waals surface area contributed by atoms with Gasteiger partial charge in [-0.05, 0) is 48.5 Å². The molecule has 1 atom stereocenters. The first kappa shape index (κ1) is 22.0. The lowest BCUT2D eigenvalue weighted by atomic mass is 10.2. The Morgan fingerprint density at radius 2 is 1.71 bits per heavy atom. The highest BCUT2D eigenvalue weighted by molar-refractivity contribution is 6.30. The van der Waals surface area contributed by atoms with E-state index in [4.69, 9.17) is 16.3 Å². The first-order valence-corrected chi connectivity index (χ1v) is 9.77. The second kappa shape index (κ2) is 10.9. The zero-order valence-electron chi connectivity index (χ0n) is 16.2. The molecule has 1 aliphatic heterocycles. The summed E-state index contributed by atoms with van der Waals surface area (Å²) in [6.45, 7) is 5.96. The fraction of sp³-hybridized carbons (Fsp3) is 0.381. The number of halogens is 1. The second-order valence-electron chi connectivity index (χ2n) is 6.22. The number of hydrogen-bond acceptors (Lipinski definition) is 5. The SMILES string of the molecule is CC.O=C1CN(C[C@H](O)COc2ccc(O)cc2)CCN1c1ccc(Cl)cc1. The number of rotatable bonds is 6. The molecule has 28 heavy (non-hydrogen) atoms. The van der Waals surface area contributed by atoms with Gasteiger partial charge in [-0.1, -0.05) is 25.4 Å². The van der Waals surface area contributed by atoms with Crippen LogP contribution in [-0.2, 0) is 4.79 Å². The van der Waals surface area contributed by atoms with Gasteiger partial charge >= 0.3 is 0 Å². The van der Waals surface area contributed by atoms with E-state index in [1.54, 1.807) is 29.2 Å². The number of amides is 1. The third kappa shape index (κ3) is 6.41. The lowest BCUT2D eigenvalue weighted by Gasteiger charge is -2.35. The highest BCUT2D eigenvalue weighted by Crippen LogP contribution is 2.20. The molecule has 0 spiro atoms. The molecule has 2 N–H and O–H groups in total. The number of carbonyl (C=O) groups excluding carboxylic acids is 1. The number of phenols is 1. The van der Waals surface area contributed by atoms with Crippen molar-refractivity contribution < 1.29 is 19.7 Å². The average Bonchev–Trinajstić information content (AvgIpc) is 2.70. The molecule has 6 nitrogen and oxygen atoms in total. The molecule has 152 valence electrons. The maximum absolute atomic E-state index is 12.4. The summed E-state index contributed by atoms with van der Waals surface area (Å²) in [6.07, 6.45) is -0.710. The van der Waals surface area contributed by atoms with Crippen molar-refractivity contribution in [3.8, 4) is 11.5 Å². The number of carbonyl (C=O) groups is 1. The van der Waals surface area contributed by atoms with Gasteiger partial charge in [0.15, 0.2) is 0 Å². The number of aliphatic hydroxyl groups is 1. The summed E-state index contributed by atoms with van der Waals surface area (Å²) in [5, 5.41) is 20.0. The van der Waals surface area contributed by atoms with E-state index in [1.165, 1.54) is 12.1 Å². The number of β-amino-alcohol motifs (C(OH)–C–C–N with tert-alkyl or cyclic N) is 1. The Balaban J connectivity index is 0.00000136. The van der Waals surface area contributed by atoms with Gasteiger partial charge in [0, 0.05) is 30.3 Å². The smallest absolute Gasteiger partial charge is 0.241 e. The quantitative estimate of drug-likeness (QED) is 0.770. The fourth-order valence-corrected chi connectivity index (χ4v) is 2.98. The summed E-state index contributed by atoms with van der Waals surface area (Å²) in [5.41, 5.74) is 0.829. The predicted octanol–water partition coefficient (Wildman–Crippen LogP) is 3.16. The van der Waals surface area contributed by atoms with Crippen LogP contribution in [-0.4, -0.2) is 59.9 Å². The van der Waals surface area contributed by atoms with Crippen molar-refractivity contribution in [1.82, 2.24) is 4.90 Å². The zero-order chi connectivity index (χ0) is 20.5. The number of nitrogens with zero attached hydrogens (tertiary/aromatic N) is 2. The van der Waals surface area contributed by atoms with Crippen LogP contribution in [0.5, 0.6) is 11.5 Å². The largest absolute Gasteiger partial charge is 0.508 e. The zero-order valence-corrected chi connectivity index (χ0v) is 17.0. The molecule has 0 unspecified atom stereocenters. The average molecular weight is 407 g/mol. The summed E-state index contributed by atoms with van der Waals surface area (Å²) in [4.78, 5) is 16.0. The standard InChI is InChI=1S/C19H21ClN2O4.C2H6/c20-14-1-3-15(4-2-14)22-10-9-21(12-19(22)25)11-17(24)13-26-18-7-5-16(23)6-8-18;1-2/h1-8,17,23-24H,9-13H2;1-2H3/t17-;/m0./s1. The van der Waals surface area contributed by atoms with Gasteiger partial charge in [-0.3, -0.25) is 9.69 Å². The van der Waals surface area contributed by atoms with Gasteiger partial charge in [0.05, 0.1) is 6.54 Å². The molecular weight excluding hydrogens is 380 g/mol. The molecule has 2 aromatic rings. The molecule has 1 heterocycles. The molecule has 7 heteroatoms. The van der Waals surface area contributed by atoms with Crippen LogP contribution in [0.4, 0.5) is 5.69 Å². The topological polar surface area (TPSA) is 73.2 Å². The molecule has 1 saturated heterocycles. The molecule has 2 aromatic carbocycles. The highest BCUT2D eigenvalue weighted by Gasteiger charge is 2.26. The van der Waals surface area contributed by atoms with Crippen LogP contribution in [0, 0.1) is 0 Å². The van der Waals surface area contributed by atoms with Crippen molar-refractivity contribution in [1.29, 1.82) is 0 Å². The van der Waals surface area contributed by atoms with Gasteiger partial charge in [0.1, 0.15) is 24.2 Å². The van der Waals surface area contributed by atoms with Crippen molar-refractivity contribution in [3.63, 3.8) is 0 Å². The minimum atomic E-state index is -0.710. The second-order valence-corrected chi connectivity index (χ2v) is 6.65. The monoisotopic (exact) mass is 406 g/mol. The van der Waals surface area contributed by atoms with Crippen LogP contribution in [0.25, 0.3) is 0 Å². The molecule has 0 radical (unpaired) electrons. The van der Waals surface area contributed by atoms with Gasteiger partial charge in [0.2, 0.25) is 5.91 Å². The van der Waals surface area contributed by atoms with E-state index in [0.717, 1.165) is 5.69 Å². The molecule has 0 aliphatic carbocycles. The third-order valence-corrected chi connectivity index (χ3v) is 4.44. The number of benzene rings is 2. The number of phenolic OH excluding ortho intramolecular Hbond substituents is 1. The summed E-state index contributed by atoms with van der Waals surface area (Å²) in [5.74, 6) is 0.727. The Kier molecular flexibility index (Phi) is 8.57. The van der Waals surface area contributed by atoms with Crippen LogP contribution < -0.4 is 9.64 Å². The summed E-state index contributed by atoms with van der Waals surface area (Å²) in [6, 6.07) is 13.5. The first-order valence-electron chi connectivity index (χ1n) is 9.39. The Hall–Kier alpha value is -2.28. The van der Waals surface area contributed by atoms with Crippen molar-refractivity contribution in [2.45, 2.75) is 20.0 Å². The van der Waals surface area contributed by atoms with Crippen LogP contribution in [0.3, 0.4) is 0 Å². The molecule has 1 aliphatic rings. The van der Waals surface area contributed by atoms with E-state index in [-0.39, 0.29) is 24.8 Å². The molecule has 0 bridgehead atoms. The van der Waals surface area contributed by atoms with Crippen LogP contribution in [0.2, 0.25) is 5.02 Å². The van der Waals surface area contributed by atoms with E-state index in [2.05, 4.69) is 0 Å². The lowest BCUT2D eigenvalue weighted by molar-refractivity contribution is -0.121. The molecular formula is C21H27ClN2O4. The summed E-state index contributed by atoms with van der Waals surface area (Å²) < 4.78 is 5.50. The summed E-state index contributed by atoms with van der Waals surface area (Å²) in [7, 11) is 0. The highest BCUT2D eigenvalue weighted by atomic mass is 35.5.